The maximum atomic E-state index is 12.8. The van der Waals surface area contributed by atoms with Crippen molar-refractivity contribution < 1.29 is 62.2 Å². The van der Waals surface area contributed by atoms with Crippen LogP contribution >= 0.6 is 45.3 Å². The van der Waals surface area contributed by atoms with E-state index in [1.54, 1.807) is 30.5 Å². The van der Waals surface area contributed by atoms with Crippen LogP contribution in [0.1, 0.15) is 123 Å². The third kappa shape index (κ3) is 24.3. The molecule has 9 aromatic heterocycles. The van der Waals surface area contributed by atoms with E-state index in [9.17, 15) is 57.8 Å². The molecule has 127 heavy (non-hydrogen) atoms. The molecule has 20 nitrogen and oxygen atoms in total. The number of anilines is 5. The molecule has 666 valence electrons. The number of aromatic nitrogens is 8. The van der Waals surface area contributed by atoms with E-state index < -0.39 is 50.4 Å². The first-order valence-corrected chi connectivity index (χ1v) is 45.2. The van der Waals surface area contributed by atoms with Gasteiger partial charge in [-0.1, -0.05) is 67.2 Å². The van der Waals surface area contributed by atoms with Crippen LogP contribution in [0.2, 0.25) is 0 Å². The number of nitrogens with one attached hydrogen (secondary N) is 5. The number of hydrogen-bond donors (Lipinski definition) is 6. The number of allylic oxidation sites excluding steroid dienone is 1. The average Bonchev–Trinajstić information content (AvgIpc) is 1.67. The molecule has 0 radical (unpaired) electrons. The molecule has 4 saturated heterocycles. The third-order valence-corrected chi connectivity index (χ3v) is 27.2. The highest BCUT2D eigenvalue weighted by molar-refractivity contribution is 7.19. The van der Waals surface area contributed by atoms with Crippen molar-refractivity contribution in [2.75, 3.05) is 78.9 Å². The van der Waals surface area contributed by atoms with Crippen LogP contribution in [0, 0.1) is 12.3 Å². The zero-order valence-corrected chi connectivity index (χ0v) is 72.5. The van der Waals surface area contributed by atoms with E-state index in [-0.39, 0.29) is 56.2 Å². The van der Waals surface area contributed by atoms with E-state index in [0.29, 0.717) is 75.2 Å². The van der Waals surface area contributed by atoms with Gasteiger partial charge in [0.15, 0.2) is 5.58 Å². The van der Waals surface area contributed by atoms with E-state index >= 15 is 0 Å². The second kappa shape index (κ2) is 39.2. The first kappa shape index (κ1) is 89.9. The number of aliphatic hydroxyl groups excluding tert-OH is 1. The molecular formula is C91H92F12N18O2S4. The minimum Gasteiger partial charge on any atom is -0.430 e. The number of hydrogen-bond acceptors (Lipinski definition) is 24. The Kier molecular flexibility index (Phi) is 27.8. The van der Waals surface area contributed by atoms with Crippen LogP contribution in [-0.2, 0) is 71.3 Å². The molecule has 0 saturated carbocycles. The van der Waals surface area contributed by atoms with Crippen LogP contribution in [0.5, 0.6) is 0 Å². The number of terminal acetylenes is 1. The van der Waals surface area contributed by atoms with Gasteiger partial charge >= 0.3 is 24.7 Å². The molecule has 0 amide bonds. The number of aliphatic hydroxyl groups is 1. The number of oxazole rings is 1. The molecule has 19 rings (SSSR count). The predicted molar refractivity (Wildman–Crippen MR) is 479 cm³/mol. The summed E-state index contributed by atoms with van der Waals surface area (Å²) in [5, 5.41) is 29.6. The van der Waals surface area contributed by atoms with Crippen molar-refractivity contribution in [3.8, 4) is 12.3 Å². The van der Waals surface area contributed by atoms with Gasteiger partial charge < -0.3 is 36.1 Å². The van der Waals surface area contributed by atoms with Gasteiger partial charge in [0.1, 0.15) is 61.3 Å². The number of alkyl halides is 12. The predicted octanol–water partition coefficient (Wildman–Crippen LogP) is 20.8. The summed E-state index contributed by atoms with van der Waals surface area (Å²) in [6.45, 7) is 16.8. The molecule has 0 aliphatic carbocycles. The number of aliphatic imine (C=N–C) groups is 1. The van der Waals surface area contributed by atoms with E-state index in [1.807, 2.05) is 36.4 Å². The van der Waals surface area contributed by atoms with Crippen molar-refractivity contribution in [3.05, 3.63) is 211 Å². The van der Waals surface area contributed by atoms with Crippen LogP contribution in [0.25, 0.3) is 52.0 Å². The summed E-state index contributed by atoms with van der Waals surface area (Å²) in [7, 11) is 0. The Morgan fingerprint density at radius 1 is 0.472 bits per heavy atom. The summed E-state index contributed by atoms with van der Waals surface area (Å²) in [5.41, 5.74) is 14.8. The monoisotopic (exact) mass is 1820 g/mol. The van der Waals surface area contributed by atoms with Gasteiger partial charge in [0.25, 0.3) is 5.89 Å². The summed E-state index contributed by atoms with van der Waals surface area (Å²) in [6.07, 6.45) is -0.245. The summed E-state index contributed by atoms with van der Waals surface area (Å²) in [4.78, 5) is 51.4. The lowest BCUT2D eigenvalue weighted by molar-refractivity contribution is -0.127. The van der Waals surface area contributed by atoms with Gasteiger partial charge in [-0.3, -0.25) is 24.6 Å². The lowest BCUT2D eigenvalue weighted by Crippen LogP contribution is -2.38. The number of benzene rings is 4. The number of halogens is 12. The first-order valence-electron chi connectivity index (χ1n) is 42.0. The van der Waals surface area contributed by atoms with E-state index in [1.165, 1.54) is 52.5 Å². The molecule has 0 unspecified atom stereocenters. The van der Waals surface area contributed by atoms with Crippen molar-refractivity contribution in [2.24, 2.45) is 4.99 Å². The SMILES string of the molecule is C#Cc1nc2ccc(CN3CCC(Nc4ncnc5sc(CC(F)(F)F)cc45)CC3)cc2o1.C=C1Cc2ccc(CN3CCC(Nc4ncnc5sc(CC(F)(F)F)cc45)CC3)cc2N1.CC1=Nc2cc(CN3CCC(Nc4ncnc5sc(CC(F)(F)F)cc45)CC3)ccc2C1.OCc1cnc2sc(CC(F)(F)F)cc2c1NC1CCN(Cc2ccccc2)CC1. The average molecular weight is 1830 g/mol. The topological polar surface area (TPSA) is 222 Å². The molecule has 0 atom stereocenters. The molecule has 6 aliphatic rings. The summed E-state index contributed by atoms with van der Waals surface area (Å²) in [5.74, 6) is 4.55. The van der Waals surface area contributed by atoms with Gasteiger partial charge in [0.05, 0.1) is 59.8 Å². The van der Waals surface area contributed by atoms with Crippen LogP contribution in [0.15, 0.2) is 156 Å². The smallest absolute Gasteiger partial charge is 0.393 e. The Balaban J connectivity index is 0.000000125. The Morgan fingerprint density at radius 2 is 0.874 bits per heavy atom. The minimum absolute atomic E-state index is 0.195. The van der Waals surface area contributed by atoms with Gasteiger partial charge in [-0.05, 0) is 146 Å². The van der Waals surface area contributed by atoms with Gasteiger partial charge in [-0.25, -0.2) is 39.9 Å². The molecular weight excluding hydrogens is 1730 g/mol. The number of rotatable bonds is 21. The van der Waals surface area contributed by atoms with Crippen molar-refractivity contribution >= 4 is 138 Å². The molecule has 36 heteroatoms. The minimum atomic E-state index is -4.25. The Morgan fingerprint density at radius 3 is 1.31 bits per heavy atom. The zero-order chi connectivity index (χ0) is 88.7. The second-order valence-electron chi connectivity index (χ2n) is 33.0. The van der Waals surface area contributed by atoms with Gasteiger partial charge in [-0.15, -0.1) is 51.8 Å². The summed E-state index contributed by atoms with van der Waals surface area (Å²) in [6, 6.07) is 36.6. The van der Waals surface area contributed by atoms with Gasteiger partial charge in [0, 0.05) is 169 Å². The van der Waals surface area contributed by atoms with Crippen LogP contribution < -0.4 is 26.6 Å². The summed E-state index contributed by atoms with van der Waals surface area (Å²) >= 11 is 4.29. The van der Waals surface area contributed by atoms with Crippen LogP contribution in [0.3, 0.4) is 0 Å². The number of fused-ring (bicyclic) bond motifs is 7. The number of thiophene rings is 4. The van der Waals surface area contributed by atoms with Crippen LogP contribution in [-0.4, -0.2) is 172 Å². The highest BCUT2D eigenvalue weighted by Crippen LogP contribution is 2.41. The van der Waals surface area contributed by atoms with Crippen LogP contribution in [0.4, 0.5) is 87.2 Å². The Bertz CT molecular complexity index is 6090. The van der Waals surface area contributed by atoms with E-state index in [2.05, 4.69) is 159 Å². The fourth-order valence-electron chi connectivity index (χ4n) is 17.0. The highest BCUT2D eigenvalue weighted by Gasteiger charge is 2.35. The molecule has 6 N–H and O–H groups in total. The quantitative estimate of drug-likeness (QED) is 0.0291. The Labute approximate surface area is 740 Å². The first-order chi connectivity index (χ1) is 60.9. The zero-order valence-electron chi connectivity index (χ0n) is 69.2. The van der Waals surface area contributed by atoms with Gasteiger partial charge in [0.2, 0.25) is 0 Å². The molecule has 4 fully saturated rings. The normalized spacial score (nSPS) is 16.8. The number of pyridine rings is 1. The lowest BCUT2D eigenvalue weighted by Gasteiger charge is -2.33. The second-order valence-corrected chi connectivity index (χ2v) is 37.5. The standard InChI is InChI=1S/C23H20F3N5OS.2C23H24F3N5S.C22H24F3N3OS/c1-2-20-30-18-4-3-14(9-19(18)32-20)12-31-7-5-15(6-8-31)29-21-17-10-16(11-23(24,25)26)33-22(17)28-13-27-21;2*1-14-8-16-3-2-15(9-20(16)29-14)12-31-6-4-17(5-7-31)30-21-19-10-18(11-23(24,25)26)32-22(19)28-13-27-21;23-22(24,25)11-18-10-19-20(16(14-29)12-26-21(19)30-18)27-17-6-8-28(9-7-17)13-15-4-2-1-3-5-15/h1,3-4,9-10,13,15H,5-8,11-12H2,(H,27,28,29);2-3,9-10,13,17H,4-8,11-12H2,1H3,(H,27,28,30);2-3,9-10,13,17,29H,1,4-8,11-12H2,(H,27,28,30);1-5,10,12,17,29H,6-9,11,13-14H2,(H,26,27). The maximum absolute atomic E-state index is 12.8. The van der Waals surface area contributed by atoms with Crippen molar-refractivity contribution in [1.29, 1.82) is 0 Å². The number of likely N-dealkylation sites (tertiary alicyclic amines) is 4. The Hall–Kier alpha value is -10.5. The fourth-order valence-corrected chi connectivity index (χ4v) is 21.1. The molecule has 6 aliphatic heterocycles. The van der Waals surface area contributed by atoms with Gasteiger partial charge in [-0.2, -0.15) is 52.7 Å². The molecule has 0 bridgehead atoms. The van der Waals surface area contributed by atoms with Crippen molar-refractivity contribution in [2.45, 2.75) is 178 Å². The van der Waals surface area contributed by atoms with E-state index in [0.717, 1.165) is 216 Å². The molecule has 4 aromatic carbocycles. The number of piperidine rings is 4. The lowest BCUT2D eigenvalue weighted by atomic mass is 10.0. The number of nitrogens with zero attached hydrogens (tertiary/aromatic N) is 13. The maximum Gasteiger partial charge on any atom is 0.393 e. The molecule has 13 aromatic rings. The molecule has 15 heterocycles. The van der Waals surface area contributed by atoms with Crippen molar-refractivity contribution in [1.82, 2.24) is 59.5 Å². The van der Waals surface area contributed by atoms with Crippen molar-refractivity contribution in [3.63, 3.8) is 0 Å². The third-order valence-electron chi connectivity index (χ3n) is 23.1. The molecule has 0 spiro atoms. The largest absolute Gasteiger partial charge is 0.430 e. The van der Waals surface area contributed by atoms with E-state index in [4.69, 9.17) is 10.8 Å². The highest BCUT2D eigenvalue weighted by atomic mass is 32.1. The fraction of sp³-hybridized carbons (Fsp3) is 0.396. The summed E-state index contributed by atoms with van der Waals surface area (Å²) < 4.78 is 159.